The number of imidazole rings is 1. The van der Waals surface area contributed by atoms with Crippen molar-refractivity contribution in [3.63, 3.8) is 0 Å². The van der Waals surface area contributed by atoms with Gasteiger partial charge in [0.1, 0.15) is 0 Å². The van der Waals surface area contributed by atoms with E-state index >= 15 is 0 Å². The van der Waals surface area contributed by atoms with E-state index < -0.39 is 0 Å². The van der Waals surface area contributed by atoms with Crippen LogP contribution in [0.15, 0.2) is 73.2 Å². The highest BCUT2D eigenvalue weighted by atomic mass is 15.3. The second-order valence-electron chi connectivity index (χ2n) is 9.84. The fourth-order valence-corrected chi connectivity index (χ4v) is 4.79. The van der Waals surface area contributed by atoms with Gasteiger partial charge in [-0.15, -0.1) is 0 Å². The van der Waals surface area contributed by atoms with E-state index in [4.69, 9.17) is 10.1 Å². The molecule has 6 rings (SSSR count). The van der Waals surface area contributed by atoms with Crippen LogP contribution in [0.3, 0.4) is 0 Å². The average molecular weight is 448 g/mol. The number of nitrogens with zero attached hydrogens (tertiary/aromatic N) is 5. The predicted molar refractivity (Wildman–Crippen MR) is 139 cm³/mol. The molecule has 0 N–H and O–H groups in total. The summed E-state index contributed by atoms with van der Waals surface area (Å²) in [5.41, 5.74) is 7.55. The Morgan fingerprint density at radius 1 is 1.03 bits per heavy atom. The molecular formula is C29H29N5. The van der Waals surface area contributed by atoms with Gasteiger partial charge in [0.15, 0.2) is 5.65 Å². The highest BCUT2D eigenvalue weighted by molar-refractivity contribution is 5.96. The number of fused-ring (bicyclic) bond motifs is 2. The van der Waals surface area contributed by atoms with Crippen molar-refractivity contribution in [1.82, 2.24) is 19.6 Å². The van der Waals surface area contributed by atoms with Gasteiger partial charge in [-0.1, -0.05) is 61.9 Å². The first-order chi connectivity index (χ1) is 16.6. The molecule has 34 heavy (non-hydrogen) atoms. The Morgan fingerprint density at radius 3 is 2.62 bits per heavy atom. The van der Waals surface area contributed by atoms with Gasteiger partial charge in [-0.3, -0.25) is 4.98 Å². The van der Waals surface area contributed by atoms with E-state index in [2.05, 4.69) is 85.3 Å². The lowest BCUT2D eigenvalue weighted by molar-refractivity contribution is 0.607. The Labute approximate surface area is 200 Å². The number of anilines is 1. The van der Waals surface area contributed by atoms with E-state index in [0.717, 1.165) is 45.5 Å². The van der Waals surface area contributed by atoms with Crippen molar-refractivity contribution in [2.24, 2.45) is 5.92 Å². The maximum atomic E-state index is 5.16. The summed E-state index contributed by atoms with van der Waals surface area (Å²) in [4.78, 5) is 11.8. The predicted octanol–water partition coefficient (Wildman–Crippen LogP) is 6.54. The summed E-state index contributed by atoms with van der Waals surface area (Å²) in [5, 5.41) is 7.44. The average Bonchev–Trinajstić information content (AvgIpc) is 3.61. The molecule has 0 atom stereocenters. The van der Waals surface area contributed by atoms with Gasteiger partial charge in [-0.2, -0.15) is 5.10 Å². The number of benzene rings is 2. The summed E-state index contributed by atoms with van der Waals surface area (Å²) in [5.74, 6) is 0.562. The van der Waals surface area contributed by atoms with Gasteiger partial charge in [-0.05, 0) is 43.2 Å². The van der Waals surface area contributed by atoms with Gasteiger partial charge in [0.05, 0.1) is 23.3 Å². The van der Waals surface area contributed by atoms with Crippen LogP contribution in [0.4, 0.5) is 5.69 Å². The van der Waals surface area contributed by atoms with Crippen molar-refractivity contribution in [2.75, 3.05) is 11.4 Å². The molecule has 2 aromatic carbocycles. The zero-order chi connectivity index (χ0) is 23.2. The van der Waals surface area contributed by atoms with E-state index in [1.165, 1.54) is 24.1 Å². The molecule has 5 nitrogen and oxygen atoms in total. The van der Waals surface area contributed by atoms with Crippen LogP contribution in [0.2, 0.25) is 0 Å². The summed E-state index contributed by atoms with van der Waals surface area (Å²) in [7, 11) is 0. The van der Waals surface area contributed by atoms with Crippen LogP contribution in [0.25, 0.3) is 38.9 Å². The normalized spacial score (nSPS) is 13.8. The Morgan fingerprint density at radius 2 is 1.85 bits per heavy atom. The molecule has 0 bridgehead atoms. The second kappa shape index (κ2) is 8.24. The lowest BCUT2D eigenvalue weighted by Crippen LogP contribution is -2.30. The largest absolute Gasteiger partial charge is 0.365 e. The number of aryl methyl sites for hydroxylation is 1. The summed E-state index contributed by atoms with van der Waals surface area (Å²) >= 11 is 0. The number of hydrogen-bond donors (Lipinski definition) is 0. The van der Waals surface area contributed by atoms with Crippen LogP contribution >= 0.6 is 0 Å². The van der Waals surface area contributed by atoms with Crippen molar-refractivity contribution in [2.45, 2.75) is 39.7 Å². The maximum absolute atomic E-state index is 5.16. The van der Waals surface area contributed by atoms with Crippen LogP contribution in [0.5, 0.6) is 0 Å². The molecule has 0 saturated heterocycles. The summed E-state index contributed by atoms with van der Waals surface area (Å²) < 4.78 is 2.05. The Hall–Kier alpha value is -3.73. The van der Waals surface area contributed by atoms with Crippen molar-refractivity contribution in [1.29, 1.82) is 0 Å². The molecule has 170 valence electrons. The first-order valence-corrected chi connectivity index (χ1v) is 12.1. The number of hydrogen-bond acceptors (Lipinski definition) is 4. The number of rotatable bonds is 6. The smallest absolute Gasteiger partial charge is 0.177 e. The van der Waals surface area contributed by atoms with Crippen molar-refractivity contribution < 1.29 is 0 Å². The molecule has 0 amide bonds. The number of aromatic nitrogens is 4. The molecule has 1 aliphatic carbocycles. The van der Waals surface area contributed by atoms with Crippen molar-refractivity contribution in [3.8, 4) is 22.5 Å². The second-order valence-corrected chi connectivity index (χ2v) is 9.84. The van der Waals surface area contributed by atoms with Crippen molar-refractivity contribution in [3.05, 3.63) is 78.8 Å². The first-order valence-electron chi connectivity index (χ1n) is 12.1. The maximum Gasteiger partial charge on any atom is 0.177 e. The van der Waals surface area contributed by atoms with Crippen LogP contribution in [0, 0.1) is 12.8 Å². The zero-order valence-electron chi connectivity index (χ0n) is 19.9. The summed E-state index contributed by atoms with van der Waals surface area (Å²) in [6, 6.07) is 19.9. The fraction of sp³-hybridized carbons (Fsp3) is 0.276. The lowest BCUT2D eigenvalue weighted by atomic mass is 10.0. The topological polar surface area (TPSA) is 46.3 Å². The Balaban J connectivity index is 1.62. The van der Waals surface area contributed by atoms with Crippen LogP contribution in [0.1, 0.15) is 32.3 Å². The van der Waals surface area contributed by atoms with Gasteiger partial charge < -0.3 is 4.90 Å². The highest BCUT2D eigenvalue weighted by Gasteiger charge is 2.32. The molecular weight excluding hydrogens is 418 g/mol. The molecule has 1 fully saturated rings. The Kier molecular flexibility index (Phi) is 5.05. The molecule has 3 heterocycles. The molecule has 0 aliphatic heterocycles. The van der Waals surface area contributed by atoms with Gasteiger partial charge in [0, 0.05) is 41.5 Å². The molecule has 0 unspecified atom stereocenters. The van der Waals surface area contributed by atoms with Crippen LogP contribution in [-0.4, -0.2) is 32.2 Å². The third-order valence-corrected chi connectivity index (χ3v) is 6.61. The van der Waals surface area contributed by atoms with Gasteiger partial charge in [-0.25, -0.2) is 9.50 Å². The van der Waals surface area contributed by atoms with E-state index in [-0.39, 0.29) is 0 Å². The van der Waals surface area contributed by atoms with Gasteiger partial charge in [0.25, 0.3) is 0 Å². The fourth-order valence-electron chi connectivity index (χ4n) is 4.79. The van der Waals surface area contributed by atoms with E-state index in [0.29, 0.717) is 12.0 Å². The third kappa shape index (κ3) is 3.71. The SMILES string of the molecule is Cc1ccc(-c2cnc3c(N(CC(C)C)C4CC4)cc(-c4cccc5cnccc45)nn23)cc1. The van der Waals surface area contributed by atoms with Gasteiger partial charge >= 0.3 is 0 Å². The lowest BCUT2D eigenvalue weighted by Gasteiger charge is -2.27. The minimum Gasteiger partial charge on any atom is -0.365 e. The third-order valence-electron chi connectivity index (χ3n) is 6.61. The minimum absolute atomic E-state index is 0.562. The van der Waals surface area contributed by atoms with Gasteiger partial charge in [0.2, 0.25) is 0 Å². The Bertz CT molecular complexity index is 1470. The molecule has 5 aromatic rings. The van der Waals surface area contributed by atoms with E-state index in [1.807, 2.05) is 23.1 Å². The molecule has 5 heteroatoms. The van der Waals surface area contributed by atoms with E-state index in [1.54, 1.807) is 0 Å². The molecule has 3 aromatic heterocycles. The molecule has 0 spiro atoms. The summed E-state index contributed by atoms with van der Waals surface area (Å²) in [6.07, 6.45) is 8.22. The number of pyridine rings is 1. The van der Waals surface area contributed by atoms with Crippen molar-refractivity contribution >= 4 is 22.1 Å². The minimum atomic E-state index is 0.562. The molecule has 1 saturated carbocycles. The first kappa shape index (κ1) is 20.8. The zero-order valence-corrected chi connectivity index (χ0v) is 19.9. The monoisotopic (exact) mass is 447 g/mol. The summed E-state index contributed by atoms with van der Waals surface area (Å²) in [6.45, 7) is 7.70. The van der Waals surface area contributed by atoms with Crippen LogP contribution < -0.4 is 4.90 Å². The molecule has 0 radical (unpaired) electrons. The van der Waals surface area contributed by atoms with E-state index in [9.17, 15) is 0 Å². The van der Waals surface area contributed by atoms with Crippen LogP contribution in [-0.2, 0) is 0 Å². The molecule has 1 aliphatic rings. The standard InChI is InChI=1S/C29H29N5/c1-19(2)18-33(23-11-12-23)27-15-26(25-6-4-5-22-16-30-14-13-24(22)25)32-34-28(17-31-29(27)34)21-9-7-20(3)8-10-21/h4-10,13-17,19,23H,11-12,18H2,1-3H3. The quantitative estimate of drug-likeness (QED) is 0.296. The highest BCUT2D eigenvalue weighted by Crippen LogP contribution is 2.38.